The van der Waals surface area contributed by atoms with Crippen LogP contribution in [0.25, 0.3) is 5.57 Å². The SMILES string of the molecule is O=C1c2ccccc2C(=O)N1CC(=CF)c1ccccc1. The van der Waals surface area contributed by atoms with Crippen LogP contribution in [0.4, 0.5) is 4.39 Å². The van der Waals surface area contributed by atoms with Crippen molar-refractivity contribution in [3.63, 3.8) is 0 Å². The highest BCUT2D eigenvalue weighted by Gasteiger charge is 2.35. The van der Waals surface area contributed by atoms with Gasteiger partial charge in [0.1, 0.15) is 0 Å². The third-order valence-corrected chi connectivity index (χ3v) is 3.48. The molecule has 3 nitrogen and oxygen atoms in total. The van der Waals surface area contributed by atoms with Crippen LogP contribution in [0.1, 0.15) is 26.3 Å². The number of hydrogen-bond acceptors (Lipinski definition) is 2. The number of amides is 2. The van der Waals surface area contributed by atoms with Crippen molar-refractivity contribution >= 4 is 17.4 Å². The number of carbonyl (C=O) groups excluding carboxylic acids is 2. The third-order valence-electron chi connectivity index (χ3n) is 3.48. The molecule has 1 heterocycles. The predicted molar refractivity (Wildman–Crippen MR) is 77.3 cm³/mol. The van der Waals surface area contributed by atoms with Gasteiger partial charge in [-0.05, 0) is 17.7 Å². The molecule has 2 aromatic rings. The predicted octanol–water partition coefficient (Wildman–Crippen LogP) is 3.29. The fourth-order valence-corrected chi connectivity index (χ4v) is 2.39. The van der Waals surface area contributed by atoms with Crippen LogP contribution in [0.5, 0.6) is 0 Å². The molecule has 2 aromatic carbocycles. The first kappa shape index (κ1) is 13.2. The summed E-state index contributed by atoms with van der Waals surface area (Å²) < 4.78 is 13.2. The van der Waals surface area contributed by atoms with Gasteiger partial charge in [-0.3, -0.25) is 14.5 Å². The van der Waals surface area contributed by atoms with Gasteiger partial charge in [0.2, 0.25) is 0 Å². The molecule has 1 aliphatic rings. The van der Waals surface area contributed by atoms with Gasteiger partial charge in [0.05, 0.1) is 24.0 Å². The maximum Gasteiger partial charge on any atom is 0.261 e. The lowest BCUT2D eigenvalue weighted by atomic mass is 10.1. The maximum absolute atomic E-state index is 13.2. The summed E-state index contributed by atoms with van der Waals surface area (Å²) in [6.45, 7) is -0.0765. The number of carbonyl (C=O) groups is 2. The van der Waals surface area contributed by atoms with Crippen molar-refractivity contribution in [1.82, 2.24) is 4.90 Å². The van der Waals surface area contributed by atoms with Crippen molar-refractivity contribution in [3.05, 3.63) is 77.6 Å². The lowest BCUT2D eigenvalue weighted by Gasteiger charge is -2.15. The van der Waals surface area contributed by atoms with Crippen LogP contribution in [-0.2, 0) is 0 Å². The zero-order valence-electron chi connectivity index (χ0n) is 11.1. The van der Waals surface area contributed by atoms with E-state index >= 15 is 0 Å². The first-order chi connectivity index (χ1) is 10.2. The Bertz CT molecular complexity index is 702. The molecule has 0 bridgehead atoms. The molecule has 0 radical (unpaired) electrons. The Morgan fingerprint density at radius 2 is 1.43 bits per heavy atom. The molecule has 0 N–H and O–H groups in total. The molecule has 0 saturated carbocycles. The summed E-state index contributed by atoms with van der Waals surface area (Å²) in [5.41, 5.74) is 1.68. The van der Waals surface area contributed by atoms with E-state index in [0.717, 1.165) is 4.90 Å². The van der Waals surface area contributed by atoms with Gasteiger partial charge in [-0.25, -0.2) is 4.39 Å². The highest BCUT2D eigenvalue weighted by Crippen LogP contribution is 2.25. The molecule has 0 atom stereocenters. The highest BCUT2D eigenvalue weighted by molar-refractivity contribution is 6.21. The van der Waals surface area contributed by atoms with Crippen molar-refractivity contribution < 1.29 is 14.0 Å². The van der Waals surface area contributed by atoms with Gasteiger partial charge in [-0.2, -0.15) is 0 Å². The summed E-state index contributed by atoms with van der Waals surface area (Å²) >= 11 is 0. The molecule has 1 aliphatic heterocycles. The zero-order chi connectivity index (χ0) is 14.8. The molecule has 3 rings (SSSR count). The molecular weight excluding hydrogens is 269 g/mol. The fraction of sp³-hybridized carbons (Fsp3) is 0.0588. The Morgan fingerprint density at radius 1 is 0.905 bits per heavy atom. The van der Waals surface area contributed by atoms with E-state index in [4.69, 9.17) is 0 Å². The van der Waals surface area contributed by atoms with Crippen molar-refractivity contribution in [1.29, 1.82) is 0 Å². The number of benzene rings is 2. The summed E-state index contributed by atoms with van der Waals surface area (Å²) in [6.07, 6.45) is 0.443. The Morgan fingerprint density at radius 3 is 1.95 bits per heavy atom. The molecule has 0 aromatic heterocycles. The Hall–Kier alpha value is -2.75. The van der Waals surface area contributed by atoms with Crippen LogP contribution in [-0.4, -0.2) is 23.3 Å². The van der Waals surface area contributed by atoms with Crippen LogP contribution in [0.2, 0.25) is 0 Å². The lowest BCUT2D eigenvalue weighted by molar-refractivity contribution is 0.0674. The lowest BCUT2D eigenvalue weighted by Crippen LogP contribution is -2.31. The number of halogens is 1. The van der Waals surface area contributed by atoms with Crippen LogP contribution >= 0.6 is 0 Å². The topological polar surface area (TPSA) is 37.4 Å². The van der Waals surface area contributed by atoms with Gasteiger partial charge in [0, 0.05) is 5.57 Å². The summed E-state index contributed by atoms with van der Waals surface area (Å²) in [5, 5.41) is 0. The second-order valence-corrected chi connectivity index (χ2v) is 4.74. The van der Waals surface area contributed by atoms with Gasteiger partial charge in [0.15, 0.2) is 0 Å². The van der Waals surface area contributed by atoms with Gasteiger partial charge in [-0.1, -0.05) is 42.5 Å². The normalized spacial score (nSPS) is 14.5. The molecule has 0 spiro atoms. The molecule has 104 valence electrons. The van der Waals surface area contributed by atoms with E-state index in [1.165, 1.54) is 0 Å². The van der Waals surface area contributed by atoms with Crippen LogP contribution < -0.4 is 0 Å². The van der Waals surface area contributed by atoms with Crippen LogP contribution in [0.3, 0.4) is 0 Å². The largest absolute Gasteiger partial charge is 0.270 e. The van der Waals surface area contributed by atoms with Crippen LogP contribution in [0.15, 0.2) is 60.9 Å². The van der Waals surface area contributed by atoms with Crippen molar-refractivity contribution in [2.75, 3.05) is 6.54 Å². The molecular formula is C17H12FNO2. The quantitative estimate of drug-likeness (QED) is 0.809. The molecule has 0 saturated heterocycles. The zero-order valence-corrected chi connectivity index (χ0v) is 11.1. The molecule has 4 heteroatoms. The van der Waals surface area contributed by atoms with Gasteiger partial charge >= 0.3 is 0 Å². The standard InChI is InChI=1S/C17H12FNO2/c18-10-13(12-6-2-1-3-7-12)11-19-16(20)14-8-4-5-9-15(14)17(19)21/h1-10H,11H2. The minimum absolute atomic E-state index is 0.0765. The summed E-state index contributed by atoms with van der Waals surface area (Å²) in [6, 6.07) is 15.5. The maximum atomic E-state index is 13.2. The Balaban J connectivity index is 1.90. The fourth-order valence-electron chi connectivity index (χ4n) is 2.39. The van der Waals surface area contributed by atoms with E-state index in [-0.39, 0.29) is 18.4 Å². The molecule has 0 unspecified atom stereocenters. The first-order valence-electron chi connectivity index (χ1n) is 6.52. The van der Waals surface area contributed by atoms with E-state index in [1.807, 2.05) is 6.07 Å². The summed E-state index contributed by atoms with van der Waals surface area (Å²) in [4.78, 5) is 25.6. The summed E-state index contributed by atoms with van der Waals surface area (Å²) in [7, 11) is 0. The molecule has 21 heavy (non-hydrogen) atoms. The van der Waals surface area contributed by atoms with E-state index in [9.17, 15) is 14.0 Å². The average molecular weight is 281 g/mol. The minimum Gasteiger partial charge on any atom is -0.270 e. The monoisotopic (exact) mass is 281 g/mol. The number of imide groups is 1. The van der Waals surface area contributed by atoms with Crippen molar-refractivity contribution in [2.24, 2.45) is 0 Å². The number of nitrogens with zero attached hydrogens (tertiary/aromatic N) is 1. The summed E-state index contributed by atoms with van der Waals surface area (Å²) in [5.74, 6) is -0.767. The highest BCUT2D eigenvalue weighted by atomic mass is 19.1. The van der Waals surface area contributed by atoms with E-state index in [2.05, 4.69) is 0 Å². The Kier molecular flexibility index (Phi) is 3.36. The second kappa shape index (κ2) is 5.32. The van der Waals surface area contributed by atoms with Crippen molar-refractivity contribution in [3.8, 4) is 0 Å². The average Bonchev–Trinajstić information content (AvgIpc) is 2.78. The number of fused-ring (bicyclic) bond motifs is 1. The first-order valence-corrected chi connectivity index (χ1v) is 6.52. The van der Waals surface area contributed by atoms with E-state index in [1.54, 1.807) is 48.5 Å². The minimum atomic E-state index is -0.383. The molecule has 0 aliphatic carbocycles. The van der Waals surface area contributed by atoms with Crippen molar-refractivity contribution in [2.45, 2.75) is 0 Å². The Labute approximate surface area is 121 Å². The third kappa shape index (κ3) is 2.25. The van der Waals surface area contributed by atoms with E-state index in [0.29, 0.717) is 28.6 Å². The number of hydrogen-bond donors (Lipinski definition) is 0. The van der Waals surface area contributed by atoms with Gasteiger partial charge in [0.25, 0.3) is 11.8 Å². The second-order valence-electron chi connectivity index (χ2n) is 4.74. The van der Waals surface area contributed by atoms with E-state index < -0.39 is 0 Å². The molecule has 2 amide bonds. The van der Waals surface area contributed by atoms with Gasteiger partial charge in [-0.15, -0.1) is 0 Å². The number of rotatable bonds is 3. The van der Waals surface area contributed by atoms with Gasteiger partial charge < -0.3 is 0 Å². The van der Waals surface area contributed by atoms with Crippen LogP contribution in [0, 0.1) is 0 Å². The molecule has 0 fully saturated rings. The smallest absolute Gasteiger partial charge is 0.261 e.